The van der Waals surface area contributed by atoms with Crippen molar-refractivity contribution < 1.29 is 14.1 Å². The van der Waals surface area contributed by atoms with Gasteiger partial charge in [0.05, 0.1) is 18.3 Å². The molecule has 1 atom stereocenters. The molecular weight excluding hydrogens is 334 g/mol. The van der Waals surface area contributed by atoms with Crippen molar-refractivity contribution in [1.82, 2.24) is 25.2 Å². The molecule has 0 spiro atoms. The highest BCUT2D eigenvalue weighted by Crippen LogP contribution is 2.18. The van der Waals surface area contributed by atoms with Gasteiger partial charge in [-0.1, -0.05) is 5.16 Å². The number of aryl methyl sites for hydroxylation is 1. The first-order valence-electron chi connectivity index (χ1n) is 9.35. The highest BCUT2D eigenvalue weighted by atomic mass is 16.5. The van der Waals surface area contributed by atoms with Gasteiger partial charge in [0.15, 0.2) is 0 Å². The third kappa shape index (κ3) is 5.04. The van der Waals surface area contributed by atoms with Gasteiger partial charge in [-0.05, 0) is 26.7 Å². The number of aromatic nitrogens is 1. The molecule has 1 N–H and O–H groups in total. The van der Waals surface area contributed by atoms with Gasteiger partial charge >= 0.3 is 0 Å². The van der Waals surface area contributed by atoms with E-state index in [1.54, 1.807) is 7.05 Å². The number of rotatable bonds is 7. The summed E-state index contributed by atoms with van der Waals surface area (Å²) in [5.41, 5.74) is 0.946. The van der Waals surface area contributed by atoms with Crippen molar-refractivity contribution in [3.63, 3.8) is 0 Å². The van der Waals surface area contributed by atoms with Crippen molar-refractivity contribution in [2.24, 2.45) is 0 Å². The van der Waals surface area contributed by atoms with Crippen molar-refractivity contribution in [3.8, 4) is 0 Å². The fourth-order valence-electron chi connectivity index (χ4n) is 3.30. The maximum absolute atomic E-state index is 12.6. The Morgan fingerprint density at radius 3 is 2.62 bits per heavy atom. The lowest BCUT2D eigenvalue weighted by molar-refractivity contribution is -0.139. The third-order valence-electron chi connectivity index (χ3n) is 5.07. The monoisotopic (exact) mass is 363 g/mol. The molecule has 1 aliphatic heterocycles. The second-order valence-electron chi connectivity index (χ2n) is 7.45. The zero-order valence-electron chi connectivity index (χ0n) is 15.9. The Labute approximate surface area is 154 Å². The molecular formula is C18H29N5O3. The zero-order valence-corrected chi connectivity index (χ0v) is 15.9. The molecule has 144 valence electrons. The van der Waals surface area contributed by atoms with Gasteiger partial charge in [0.2, 0.25) is 11.8 Å². The summed E-state index contributed by atoms with van der Waals surface area (Å²) in [5, 5.41) is 6.96. The van der Waals surface area contributed by atoms with E-state index in [2.05, 4.69) is 20.3 Å². The minimum Gasteiger partial charge on any atom is -0.361 e. The molecule has 1 aromatic rings. The number of amides is 2. The first kappa shape index (κ1) is 18.8. The molecule has 2 fully saturated rings. The Bertz CT molecular complexity index is 635. The number of hydrogen-bond donors (Lipinski definition) is 1. The fourth-order valence-corrected chi connectivity index (χ4v) is 3.30. The number of piperazine rings is 1. The zero-order chi connectivity index (χ0) is 18.7. The summed E-state index contributed by atoms with van der Waals surface area (Å²) in [4.78, 5) is 30.5. The molecule has 0 radical (unpaired) electrons. The maximum atomic E-state index is 12.6. The highest BCUT2D eigenvalue weighted by molar-refractivity contribution is 5.87. The van der Waals surface area contributed by atoms with E-state index in [1.807, 2.05) is 19.9 Å². The lowest BCUT2D eigenvalue weighted by atomic mass is 10.2. The molecule has 3 rings (SSSR count). The van der Waals surface area contributed by atoms with Crippen molar-refractivity contribution in [3.05, 3.63) is 17.5 Å². The van der Waals surface area contributed by atoms with E-state index in [9.17, 15) is 9.59 Å². The molecule has 1 aliphatic carbocycles. The second kappa shape index (κ2) is 8.18. The summed E-state index contributed by atoms with van der Waals surface area (Å²) in [6.45, 7) is 8.14. The normalized spacial score (nSPS) is 20.0. The molecule has 1 unspecified atom stereocenters. The molecule has 1 saturated carbocycles. The minimum atomic E-state index is -0.217. The number of nitrogens with zero attached hydrogens (tertiary/aromatic N) is 4. The lowest BCUT2D eigenvalue weighted by Gasteiger charge is -2.38. The predicted molar refractivity (Wildman–Crippen MR) is 96.4 cm³/mol. The van der Waals surface area contributed by atoms with Gasteiger partial charge in [-0.15, -0.1) is 0 Å². The topological polar surface area (TPSA) is 81.9 Å². The van der Waals surface area contributed by atoms with Gasteiger partial charge in [-0.3, -0.25) is 19.4 Å². The summed E-state index contributed by atoms with van der Waals surface area (Å²) in [6, 6.07) is 2.07. The number of nitrogens with one attached hydrogen (secondary N) is 1. The van der Waals surface area contributed by atoms with Crippen molar-refractivity contribution in [2.75, 3.05) is 39.8 Å². The molecule has 26 heavy (non-hydrogen) atoms. The van der Waals surface area contributed by atoms with Crippen molar-refractivity contribution in [1.29, 1.82) is 0 Å². The van der Waals surface area contributed by atoms with Gasteiger partial charge in [0.25, 0.3) is 0 Å². The number of likely N-dealkylation sites (N-methyl/N-ethyl adjacent to an activating group) is 1. The molecule has 2 aliphatic rings. The van der Waals surface area contributed by atoms with Crippen LogP contribution in [-0.2, 0) is 16.1 Å². The number of carbonyl (C=O) groups excluding carboxylic acids is 2. The lowest BCUT2D eigenvalue weighted by Crippen LogP contribution is -2.54. The Kier molecular flexibility index (Phi) is 5.93. The maximum Gasteiger partial charge on any atom is 0.239 e. The average molecular weight is 363 g/mol. The minimum absolute atomic E-state index is 0.00322. The summed E-state index contributed by atoms with van der Waals surface area (Å²) < 4.78 is 5.11. The second-order valence-corrected chi connectivity index (χ2v) is 7.45. The summed E-state index contributed by atoms with van der Waals surface area (Å²) >= 11 is 0. The van der Waals surface area contributed by atoms with Crippen LogP contribution in [0.15, 0.2) is 10.6 Å². The largest absolute Gasteiger partial charge is 0.361 e. The number of carbonyl (C=O) groups is 2. The number of hydrogen-bond acceptors (Lipinski definition) is 6. The Morgan fingerprint density at radius 2 is 2.04 bits per heavy atom. The molecule has 1 aromatic heterocycles. The first-order valence-corrected chi connectivity index (χ1v) is 9.35. The molecule has 1 saturated heterocycles. The van der Waals surface area contributed by atoms with Crippen LogP contribution in [0.2, 0.25) is 0 Å². The van der Waals surface area contributed by atoms with Crippen LogP contribution < -0.4 is 5.32 Å². The molecule has 2 amide bonds. The van der Waals surface area contributed by atoms with Crippen LogP contribution in [0, 0.1) is 6.92 Å². The molecule has 8 nitrogen and oxygen atoms in total. The van der Waals surface area contributed by atoms with E-state index in [4.69, 9.17) is 4.52 Å². The van der Waals surface area contributed by atoms with Crippen LogP contribution in [0.5, 0.6) is 0 Å². The van der Waals surface area contributed by atoms with Crippen LogP contribution in [0.1, 0.15) is 31.2 Å². The van der Waals surface area contributed by atoms with E-state index in [0.29, 0.717) is 6.04 Å². The van der Waals surface area contributed by atoms with E-state index in [-0.39, 0.29) is 24.4 Å². The summed E-state index contributed by atoms with van der Waals surface area (Å²) in [7, 11) is 1.70. The summed E-state index contributed by atoms with van der Waals surface area (Å²) in [5.74, 6) is 0.756. The molecule has 0 aromatic carbocycles. The van der Waals surface area contributed by atoms with Crippen molar-refractivity contribution >= 4 is 11.8 Å². The highest BCUT2D eigenvalue weighted by Gasteiger charge is 2.29. The van der Waals surface area contributed by atoms with Gasteiger partial charge in [0, 0.05) is 51.9 Å². The third-order valence-corrected chi connectivity index (χ3v) is 5.07. The standard InChI is InChI=1S/C18H29N5O3/c1-13-10-16(20-26-13)11-22-6-8-23(9-7-22)14(2)18(25)21(3)12-17(24)19-15-4-5-15/h10,14-15H,4-9,11-12H2,1-3H3,(H,19,24). The average Bonchev–Trinajstić information content (AvgIpc) is 3.33. The van der Waals surface area contributed by atoms with Gasteiger partial charge in [-0.2, -0.15) is 0 Å². The van der Waals surface area contributed by atoms with Crippen LogP contribution in [0.4, 0.5) is 0 Å². The van der Waals surface area contributed by atoms with Gasteiger partial charge in [0.1, 0.15) is 5.76 Å². The Hall–Kier alpha value is -1.93. The van der Waals surface area contributed by atoms with Gasteiger partial charge < -0.3 is 14.7 Å². The fraction of sp³-hybridized carbons (Fsp3) is 0.722. The van der Waals surface area contributed by atoms with E-state index >= 15 is 0 Å². The van der Waals surface area contributed by atoms with Gasteiger partial charge in [-0.25, -0.2) is 0 Å². The predicted octanol–water partition coefficient (Wildman–Crippen LogP) is 0.226. The van der Waals surface area contributed by atoms with E-state index in [0.717, 1.165) is 57.0 Å². The van der Waals surface area contributed by atoms with E-state index < -0.39 is 0 Å². The molecule has 2 heterocycles. The smallest absolute Gasteiger partial charge is 0.239 e. The van der Waals surface area contributed by atoms with Crippen molar-refractivity contribution in [2.45, 2.75) is 45.3 Å². The van der Waals surface area contributed by atoms with E-state index in [1.165, 1.54) is 4.90 Å². The van der Waals surface area contributed by atoms with Crippen LogP contribution in [-0.4, -0.2) is 83.5 Å². The summed E-state index contributed by atoms with van der Waals surface area (Å²) in [6.07, 6.45) is 2.11. The Morgan fingerprint density at radius 1 is 1.35 bits per heavy atom. The van der Waals surface area contributed by atoms with Crippen LogP contribution in [0.3, 0.4) is 0 Å². The van der Waals surface area contributed by atoms with Crippen LogP contribution >= 0.6 is 0 Å². The SMILES string of the molecule is Cc1cc(CN2CCN(C(C)C(=O)N(C)CC(=O)NC3CC3)CC2)no1. The molecule has 8 heteroatoms. The Balaban J connectivity index is 1.42. The first-order chi connectivity index (χ1) is 12.4. The van der Waals surface area contributed by atoms with Crippen LogP contribution in [0.25, 0.3) is 0 Å². The molecule has 0 bridgehead atoms. The quantitative estimate of drug-likeness (QED) is 0.747.